The Balaban J connectivity index is 2.02. The summed E-state index contributed by atoms with van der Waals surface area (Å²) in [6.07, 6.45) is 2.21. The van der Waals surface area contributed by atoms with Crippen LogP contribution in [-0.4, -0.2) is 13.7 Å². The van der Waals surface area contributed by atoms with Gasteiger partial charge in [-0.25, -0.2) is 0 Å². The second kappa shape index (κ2) is 5.02. The second-order valence-electron chi connectivity index (χ2n) is 3.71. The highest BCUT2D eigenvalue weighted by Gasteiger charge is 2.30. The zero-order valence-corrected chi connectivity index (χ0v) is 9.59. The number of unbranched alkanes of at least 4 members (excludes halogenated alkanes) is 1. The van der Waals surface area contributed by atoms with E-state index in [1.807, 2.05) is 18.2 Å². The predicted molar refractivity (Wildman–Crippen MR) is 62.5 cm³/mol. The molecule has 0 bridgehead atoms. The first kappa shape index (κ1) is 11.0. The van der Waals surface area contributed by atoms with E-state index in [-0.39, 0.29) is 7.12 Å². The van der Waals surface area contributed by atoms with E-state index in [2.05, 4.69) is 6.92 Å². The van der Waals surface area contributed by atoms with Crippen molar-refractivity contribution in [3.8, 4) is 0 Å². The van der Waals surface area contributed by atoms with E-state index in [0.29, 0.717) is 6.61 Å². The number of fused-ring (bicyclic) bond motifs is 1. The van der Waals surface area contributed by atoms with Crippen LogP contribution in [0.25, 0.3) is 0 Å². The van der Waals surface area contributed by atoms with Gasteiger partial charge in [0.25, 0.3) is 0 Å². The van der Waals surface area contributed by atoms with Gasteiger partial charge in [0.15, 0.2) is 0 Å². The van der Waals surface area contributed by atoms with Crippen LogP contribution in [0.3, 0.4) is 0 Å². The first-order valence-electron chi connectivity index (χ1n) is 5.33. The molecule has 0 amide bonds. The zero-order valence-electron chi connectivity index (χ0n) is 8.83. The molecule has 0 N–H and O–H groups in total. The molecule has 0 fully saturated rings. The first-order valence-corrected chi connectivity index (χ1v) is 5.70. The summed E-state index contributed by atoms with van der Waals surface area (Å²) in [5, 5.41) is 0.756. The van der Waals surface area contributed by atoms with Crippen LogP contribution in [0, 0.1) is 0 Å². The van der Waals surface area contributed by atoms with Gasteiger partial charge in [-0.2, -0.15) is 0 Å². The zero-order chi connectivity index (χ0) is 10.7. The molecular weight excluding hydrogens is 210 g/mol. The van der Waals surface area contributed by atoms with Crippen LogP contribution < -0.4 is 5.46 Å². The molecular formula is C11H14BClO2. The molecule has 80 valence electrons. The highest BCUT2D eigenvalue weighted by molar-refractivity contribution is 6.62. The number of hydrogen-bond donors (Lipinski definition) is 0. The second-order valence-corrected chi connectivity index (χ2v) is 4.15. The Hall–Kier alpha value is -0.505. The summed E-state index contributed by atoms with van der Waals surface area (Å²) in [5.41, 5.74) is 2.26. The van der Waals surface area contributed by atoms with Gasteiger partial charge in [0.1, 0.15) is 0 Å². The van der Waals surface area contributed by atoms with Gasteiger partial charge in [-0.05, 0) is 29.6 Å². The predicted octanol–water partition coefficient (Wildman–Crippen LogP) is 2.38. The first-order chi connectivity index (χ1) is 7.31. The average Bonchev–Trinajstić information content (AvgIpc) is 2.61. The van der Waals surface area contributed by atoms with E-state index in [1.54, 1.807) is 0 Å². The van der Waals surface area contributed by atoms with E-state index >= 15 is 0 Å². The van der Waals surface area contributed by atoms with E-state index in [0.717, 1.165) is 35.5 Å². The Morgan fingerprint density at radius 2 is 2.40 bits per heavy atom. The van der Waals surface area contributed by atoms with Crippen molar-refractivity contribution in [1.82, 2.24) is 0 Å². The fourth-order valence-corrected chi connectivity index (χ4v) is 1.85. The molecule has 0 aromatic heterocycles. The minimum atomic E-state index is -0.191. The van der Waals surface area contributed by atoms with Crippen LogP contribution in [-0.2, 0) is 15.9 Å². The molecule has 0 atom stereocenters. The van der Waals surface area contributed by atoms with Gasteiger partial charge in [-0.15, -0.1) is 0 Å². The van der Waals surface area contributed by atoms with E-state index in [4.69, 9.17) is 20.9 Å². The molecule has 1 heterocycles. The molecule has 2 nitrogen and oxygen atoms in total. The summed E-state index contributed by atoms with van der Waals surface area (Å²) in [4.78, 5) is 0. The number of benzene rings is 1. The monoisotopic (exact) mass is 224 g/mol. The molecule has 4 heteroatoms. The molecule has 15 heavy (non-hydrogen) atoms. The van der Waals surface area contributed by atoms with Crippen molar-refractivity contribution in [2.75, 3.05) is 6.61 Å². The van der Waals surface area contributed by atoms with Gasteiger partial charge in [0, 0.05) is 11.6 Å². The lowest BCUT2D eigenvalue weighted by Gasteiger charge is -2.07. The maximum Gasteiger partial charge on any atom is 0.494 e. The fraction of sp³-hybridized carbons (Fsp3) is 0.455. The lowest BCUT2D eigenvalue weighted by Crippen LogP contribution is -2.32. The Morgan fingerprint density at radius 3 is 3.20 bits per heavy atom. The maximum absolute atomic E-state index is 5.90. The molecule has 0 spiro atoms. The highest BCUT2D eigenvalue weighted by Crippen LogP contribution is 2.16. The third kappa shape index (κ3) is 2.54. The summed E-state index contributed by atoms with van der Waals surface area (Å²) < 4.78 is 11.2. The number of halogens is 1. The van der Waals surface area contributed by atoms with Gasteiger partial charge in [0.05, 0.1) is 6.61 Å². The third-order valence-electron chi connectivity index (χ3n) is 2.52. The van der Waals surface area contributed by atoms with Crippen LogP contribution >= 0.6 is 11.6 Å². The quantitative estimate of drug-likeness (QED) is 0.577. The number of hydrogen-bond acceptors (Lipinski definition) is 2. The van der Waals surface area contributed by atoms with Crippen molar-refractivity contribution in [3.05, 3.63) is 28.8 Å². The van der Waals surface area contributed by atoms with Gasteiger partial charge < -0.3 is 9.31 Å². The van der Waals surface area contributed by atoms with Crippen molar-refractivity contribution in [2.24, 2.45) is 0 Å². The molecule has 1 aliphatic heterocycles. The molecule has 0 saturated carbocycles. The SMILES string of the molecule is CCCCOB1OCc2cc(Cl)ccc21. The molecule has 0 saturated heterocycles. The lowest BCUT2D eigenvalue weighted by molar-refractivity contribution is 0.209. The van der Waals surface area contributed by atoms with E-state index < -0.39 is 0 Å². The third-order valence-corrected chi connectivity index (χ3v) is 2.75. The highest BCUT2D eigenvalue weighted by atomic mass is 35.5. The summed E-state index contributed by atoms with van der Waals surface area (Å²) in [7, 11) is -0.191. The largest absolute Gasteiger partial charge is 0.494 e. The van der Waals surface area contributed by atoms with Gasteiger partial charge >= 0.3 is 7.12 Å². The van der Waals surface area contributed by atoms with Crippen molar-refractivity contribution in [1.29, 1.82) is 0 Å². The molecule has 2 rings (SSSR count). The van der Waals surface area contributed by atoms with Crippen LogP contribution in [0.2, 0.25) is 5.02 Å². The average molecular weight is 224 g/mol. The van der Waals surface area contributed by atoms with Gasteiger partial charge in [-0.1, -0.05) is 31.0 Å². The van der Waals surface area contributed by atoms with Crippen molar-refractivity contribution in [2.45, 2.75) is 26.4 Å². The van der Waals surface area contributed by atoms with Crippen molar-refractivity contribution in [3.63, 3.8) is 0 Å². The van der Waals surface area contributed by atoms with E-state index in [9.17, 15) is 0 Å². The Labute approximate surface area is 95.7 Å². The summed E-state index contributed by atoms with van der Waals surface area (Å²) >= 11 is 5.90. The normalized spacial score (nSPS) is 14.4. The summed E-state index contributed by atoms with van der Waals surface area (Å²) in [6, 6.07) is 5.81. The fourth-order valence-electron chi connectivity index (χ4n) is 1.66. The Morgan fingerprint density at radius 1 is 1.53 bits per heavy atom. The summed E-state index contributed by atoms with van der Waals surface area (Å²) in [6.45, 7) is 3.50. The Bertz CT molecular complexity index is 343. The van der Waals surface area contributed by atoms with E-state index in [1.165, 1.54) is 0 Å². The van der Waals surface area contributed by atoms with Crippen LogP contribution in [0.4, 0.5) is 0 Å². The minimum absolute atomic E-state index is 0.191. The smallest absolute Gasteiger partial charge is 0.407 e. The molecule has 1 aliphatic rings. The summed E-state index contributed by atoms with van der Waals surface area (Å²) in [5.74, 6) is 0. The lowest BCUT2D eigenvalue weighted by atomic mass is 9.79. The molecule has 1 aromatic rings. The molecule has 0 unspecified atom stereocenters. The van der Waals surface area contributed by atoms with Crippen LogP contribution in [0.1, 0.15) is 25.3 Å². The van der Waals surface area contributed by atoms with Crippen molar-refractivity contribution < 1.29 is 9.31 Å². The van der Waals surface area contributed by atoms with Gasteiger partial charge in [0.2, 0.25) is 0 Å². The minimum Gasteiger partial charge on any atom is -0.407 e. The van der Waals surface area contributed by atoms with Crippen LogP contribution in [0.15, 0.2) is 18.2 Å². The molecule has 0 radical (unpaired) electrons. The standard InChI is InChI=1S/C11H14BClO2/c1-2-3-6-14-12-11-5-4-10(13)7-9(11)8-15-12/h4-5,7H,2-3,6,8H2,1H3. The molecule has 1 aromatic carbocycles. The maximum atomic E-state index is 5.90. The molecule has 0 aliphatic carbocycles. The van der Waals surface area contributed by atoms with Crippen molar-refractivity contribution >= 4 is 24.2 Å². The van der Waals surface area contributed by atoms with Crippen LogP contribution in [0.5, 0.6) is 0 Å². The number of rotatable bonds is 4. The van der Waals surface area contributed by atoms with Gasteiger partial charge in [-0.3, -0.25) is 0 Å². The topological polar surface area (TPSA) is 18.5 Å². The Kier molecular flexibility index (Phi) is 3.68.